The molecule has 11 heteroatoms. The molecule has 0 aliphatic heterocycles. The Bertz CT molecular complexity index is 1640. The maximum absolute atomic E-state index is 13.6. The second-order valence-corrected chi connectivity index (χ2v) is 10.4. The number of nitrogens with zero attached hydrogens (tertiary/aromatic N) is 2. The zero-order chi connectivity index (χ0) is 30.2. The Balaban J connectivity index is 1.67. The molecule has 1 amide bonds. The van der Waals surface area contributed by atoms with Gasteiger partial charge in [0.25, 0.3) is 5.56 Å². The van der Waals surface area contributed by atoms with Gasteiger partial charge >= 0.3 is 12.1 Å². The predicted molar refractivity (Wildman–Crippen MR) is 160 cm³/mol. The highest BCUT2D eigenvalue weighted by molar-refractivity contribution is 6.31. The van der Waals surface area contributed by atoms with Crippen molar-refractivity contribution < 1.29 is 24.2 Å². The second-order valence-electron chi connectivity index (χ2n) is 9.49. The number of benzene rings is 3. The van der Waals surface area contributed by atoms with Crippen molar-refractivity contribution in [3.8, 4) is 22.4 Å². The molecule has 1 aromatic heterocycles. The van der Waals surface area contributed by atoms with Crippen molar-refractivity contribution in [2.45, 2.75) is 39.0 Å². The lowest BCUT2D eigenvalue weighted by atomic mass is 9.94. The Morgan fingerprint density at radius 1 is 0.929 bits per heavy atom. The minimum absolute atomic E-state index is 0.00601. The van der Waals surface area contributed by atoms with Gasteiger partial charge in [-0.1, -0.05) is 77.8 Å². The number of aromatic nitrogens is 2. The molecule has 1 unspecified atom stereocenters. The van der Waals surface area contributed by atoms with Crippen molar-refractivity contribution in [2.24, 2.45) is 0 Å². The molecule has 1 heterocycles. The molecule has 4 aromatic rings. The number of rotatable bonds is 11. The first-order valence-electron chi connectivity index (χ1n) is 13.0. The van der Waals surface area contributed by atoms with Gasteiger partial charge in [-0.2, -0.15) is 5.10 Å². The molecule has 2 N–H and O–H groups in total. The molecule has 9 nitrogen and oxygen atoms in total. The molecular formula is C31H27Cl2N3O6. The smallest absolute Gasteiger partial charge is 0.407 e. The van der Waals surface area contributed by atoms with E-state index in [9.17, 15) is 24.3 Å². The van der Waals surface area contributed by atoms with Crippen LogP contribution in [0.1, 0.15) is 35.7 Å². The van der Waals surface area contributed by atoms with Crippen molar-refractivity contribution in [2.75, 3.05) is 0 Å². The molecule has 0 bridgehead atoms. The normalized spacial score (nSPS) is 11.5. The number of Topliss-reactive ketones (excluding diaryl/α,β-unsaturated/α-hetero) is 1. The number of ether oxygens (including phenoxy) is 1. The highest BCUT2D eigenvalue weighted by atomic mass is 35.5. The first-order chi connectivity index (χ1) is 20.1. The fourth-order valence-corrected chi connectivity index (χ4v) is 4.65. The maximum Gasteiger partial charge on any atom is 0.407 e. The van der Waals surface area contributed by atoms with Crippen molar-refractivity contribution >= 4 is 41.0 Å². The summed E-state index contributed by atoms with van der Waals surface area (Å²) in [5.41, 5.74) is 1.90. The summed E-state index contributed by atoms with van der Waals surface area (Å²) in [5.74, 6) is -1.62. The molecule has 42 heavy (non-hydrogen) atoms. The molecule has 0 aliphatic carbocycles. The van der Waals surface area contributed by atoms with Gasteiger partial charge in [-0.05, 0) is 48.7 Å². The lowest BCUT2D eigenvalue weighted by molar-refractivity contribution is -0.137. The summed E-state index contributed by atoms with van der Waals surface area (Å²) in [6.07, 6.45) is -1.19. The molecular weight excluding hydrogens is 581 g/mol. The van der Waals surface area contributed by atoms with Crippen LogP contribution in [0.5, 0.6) is 0 Å². The summed E-state index contributed by atoms with van der Waals surface area (Å²) < 4.78 is 6.35. The molecule has 0 saturated carbocycles. The summed E-state index contributed by atoms with van der Waals surface area (Å²) >= 11 is 12.2. The third kappa shape index (κ3) is 7.84. The number of carbonyl (C=O) groups is 3. The minimum Gasteiger partial charge on any atom is -0.481 e. The number of nitrogens with one attached hydrogen (secondary N) is 1. The van der Waals surface area contributed by atoms with E-state index in [0.717, 1.165) is 10.2 Å². The number of hydrogen-bond acceptors (Lipinski definition) is 6. The third-order valence-corrected chi connectivity index (χ3v) is 6.91. The summed E-state index contributed by atoms with van der Waals surface area (Å²) in [4.78, 5) is 50.5. The molecule has 0 fully saturated rings. The van der Waals surface area contributed by atoms with E-state index in [1.54, 1.807) is 72.8 Å². The van der Waals surface area contributed by atoms with Crippen LogP contribution in [0.15, 0.2) is 83.7 Å². The highest BCUT2D eigenvalue weighted by Crippen LogP contribution is 2.33. The Hall–Kier alpha value is -4.47. The van der Waals surface area contributed by atoms with Crippen LogP contribution < -0.4 is 10.9 Å². The van der Waals surface area contributed by atoms with Crippen LogP contribution >= 0.6 is 23.2 Å². The number of carboxylic acid groups (broad SMARTS) is 1. The van der Waals surface area contributed by atoms with Crippen LogP contribution in [0, 0.1) is 0 Å². The molecule has 0 spiro atoms. The van der Waals surface area contributed by atoms with E-state index in [4.69, 9.17) is 27.9 Å². The average molecular weight is 608 g/mol. The minimum atomic E-state index is -1.15. The van der Waals surface area contributed by atoms with Crippen LogP contribution in [0.25, 0.3) is 22.4 Å². The summed E-state index contributed by atoms with van der Waals surface area (Å²) in [6, 6.07) is 21.6. The second kappa shape index (κ2) is 13.9. The zero-order valence-corrected chi connectivity index (χ0v) is 24.1. The van der Waals surface area contributed by atoms with Crippen LogP contribution in [0.4, 0.5) is 4.79 Å². The predicted octanol–water partition coefficient (Wildman–Crippen LogP) is 6.25. The number of ketones is 1. The quantitative estimate of drug-likeness (QED) is 0.193. The van der Waals surface area contributed by atoms with Gasteiger partial charge in [0.05, 0.1) is 17.7 Å². The fourth-order valence-electron chi connectivity index (χ4n) is 4.40. The van der Waals surface area contributed by atoms with E-state index in [2.05, 4.69) is 10.4 Å². The molecule has 4 rings (SSSR count). The zero-order valence-electron chi connectivity index (χ0n) is 22.6. The lowest BCUT2D eigenvalue weighted by Gasteiger charge is -2.19. The van der Waals surface area contributed by atoms with E-state index in [1.807, 2.05) is 6.07 Å². The van der Waals surface area contributed by atoms with Crippen LogP contribution in [0.2, 0.25) is 10.0 Å². The lowest BCUT2D eigenvalue weighted by Crippen LogP contribution is -2.39. The number of carboxylic acids is 1. The third-order valence-electron chi connectivity index (χ3n) is 6.40. The van der Waals surface area contributed by atoms with Gasteiger partial charge in [-0.25, -0.2) is 9.48 Å². The largest absolute Gasteiger partial charge is 0.481 e. The Morgan fingerprint density at radius 2 is 1.52 bits per heavy atom. The number of hydrogen-bond donors (Lipinski definition) is 2. The van der Waals surface area contributed by atoms with E-state index < -0.39 is 35.9 Å². The number of aryl methyl sites for hydroxylation is 1. The fraction of sp³-hybridized carbons (Fsp3) is 0.194. The molecule has 0 radical (unpaired) electrons. The summed E-state index contributed by atoms with van der Waals surface area (Å²) in [7, 11) is 0. The Morgan fingerprint density at radius 3 is 2.10 bits per heavy atom. The number of halogens is 2. The van der Waals surface area contributed by atoms with E-state index in [0.29, 0.717) is 32.4 Å². The van der Waals surface area contributed by atoms with Crippen LogP contribution in [-0.2, 0) is 22.7 Å². The van der Waals surface area contributed by atoms with Crippen LogP contribution in [-0.4, -0.2) is 38.8 Å². The van der Waals surface area contributed by atoms with Crippen molar-refractivity contribution in [3.05, 3.63) is 110 Å². The van der Waals surface area contributed by atoms with Gasteiger partial charge in [-0.15, -0.1) is 0 Å². The van der Waals surface area contributed by atoms with Crippen LogP contribution in [0.3, 0.4) is 0 Å². The molecule has 0 aliphatic rings. The van der Waals surface area contributed by atoms with Gasteiger partial charge in [0, 0.05) is 33.8 Å². The van der Waals surface area contributed by atoms with E-state index in [1.165, 1.54) is 6.92 Å². The number of aliphatic carboxylic acids is 1. The topological polar surface area (TPSA) is 128 Å². The highest BCUT2D eigenvalue weighted by Gasteiger charge is 2.24. The van der Waals surface area contributed by atoms with Crippen molar-refractivity contribution in [1.82, 2.24) is 15.1 Å². The van der Waals surface area contributed by atoms with Crippen molar-refractivity contribution in [1.29, 1.82) is 0 Å². The van der Waals surface area contributed by atoms with E-state index >= 15 is 0 Å². The van der Waals surface area contributed by atoms with Gasteiger partial charge < -0.3 is 15.2 Å². The first-order valence-corrected chi connectivity index (χ1v) is 13.7. The van der Waals surface area contributed by atoms with Gasteiger partial charge in [-0.3, -0.25) is 14.4 Å². The average Bonchev–Trinajstić information content (AvgIpc) is 2.96. The number of amides is 1. The summed E-state index contributed by atoms with van der Waals surface area (Å²) in [6.45, 7) is 1.22. The van der Waals surface area contributed by atoms with Gasteiger partial charge in [0.15, 0.2) is 5.78 Å². The Kier molecular flexibility index (Phi) is 10.1. The van der Waals surface area contributed by atoms with Gasteiger partial charge in [0.1, 0.15) is 6.61 Å². The van der Waals surface area contributed by atoms with Gasteiger partial charge in [0.2, 0.25) is 0 Å². The SMILES string of the molecule is CC(=O)c1c(-c2ccc(Cl)cc2)c(-c2ccc(Cl)cc2)nn(CCC(CC(=O)O)NC(=O)OCc2ccccc2)c1=O. The van der Waals surface area contributed by atoms with E-state index in [-0.39, 0.29) is 25.1 Å². The molecule has 0 saturated heterocycles. The standard InChI is InChI=1S/C31H27Cl2N3O6/c1-19(37)27-28(21-7-11-23(32)12-8-21)29(22-9-13-24(33)14-10-22)35-36(30(27)40)16-15-25(17-26(38)39)34-31(41)42-18-20-5-3-2-4-6-20/h2-14,25H,15-18H2,1H3,(H,34,41)(H,38,39). The number of alkyl carbamates (subject to hydrolysis) is 1. The first kappa shape index (κ1) is 30.5. The summed E-state index contributed by atoms with van der Waals surface area (Å²) in [5, 5.41) is 17.6. The molecule has 216 valence electrons. The molecule has 3 aromatic carbocycles. The maximum atomic E-state index is 13.6. The molecule has 1 atom stereocenters. The van der Waals surface area contributed by atoms with Crippen molar-refractivity contribution in [3.63, 3.8) is 0 Å². The Labute approximate surface area is 251 Å². The number of carbonyl (C=O) groups excluding carboxylic acids is 2. The monoisotopic (exact) mass is 607 g/mol.